The lowest BCUT2D eigenvalue weighted by atomic mass is 9.79. The normalized spacial score (nSPS) is 35.1. The van der Waals surface area contributed by atoms with Crippen LogP contribution in [0.2, 0.25) is 0 Å². The van der Waals surface area contributed by atoms with Crippen LogP contribution in [0.4, 0.5) is 0 Å². The molecule has 1 atom stereocenters. The topological polar surface area (TPSA) is 12.5 Å². The Bertz CT molecular complexity index is 281. The minimum Gasteiger partial charge on any atom is -0.378 e. The Morgan fingerprint density at radius 2 is 1.65 bits per heavy atom. The molecule has 0 aromatic carbocycles. The molecule has 2 fully saturated rings. The van der Waals surface area contributed by atoms with Crippen LogP contribution in [0.3, 0.4) is 0 Å². The summed E-state index contributed by atoms with van der Waals surface area (Å²) in [5.41, 5.74) is 0.319. The highest BCUT2D eigenvalue weighted by atomic mass is 16.5. The Balaban J connectivity index is 1.81. The second kappa shape index (κ2) is 7.26. The van der Waals surface area contributed by atoms with Crippen molar-refractivity contribution >= 4 is 0 Å². The van der Waals surface area contributed by atoms with Crippen LogP contribution in [0.25, 0.3) is 0 Å². The molecule has 2 nitrogen and oxygen atoms in total. The third-order valence-electron chi connectivity index (χ3n) is 5.73. The van der Waals surface area contributed by atoms with Crippen molar-refractivity contribution in [2.75, 3.05) is 19.7 Å². The van der Waals surface area contributed by atoms with Gasteiger partial charge < -0.3 is 4.74 Å². The summed E-state index contributed by atoms with van der Waals surface area (Å²) in [5.74, 6) is 1.96. The van der Waals surface area contributed by atoms with Gasteiger partial charge in [-0.25, -0.2) is 0 Å². The van der Waals surface area contributed by atoms with Crippen LogP contribution in [-0.2, 0) is 4.74 Å². The number of rotatable bonds is 5. The van der Waals surface area contributed by atoms with Crippen molar-refractivity contribution in [1.82, 2.24) is 4.90 Å². The summed E-state index contributed by atoms with van der Waals surface area (Å²) in [6.07, 6.45) is 10.2. The van der Waals surface area contributed by atoms with Gasteiger partial charge in [0.05, 0.1) is 6.10 Å². The lowest BCUT2D eigenvalue weighted by Crippen LogP contribution is -2.53. The van der Waals surface area contributed by atoms with E-state index in [0.29, 0.717) is 11.6 Å². The number of piperidine rings is 1. The van der Waals surface area contributed by atoms with Gasteiger partial charge in [0.25, 0.3) is 0 Å². The predicted octanol–water partition coefficient (Wildman–Crippen LogP) is 4.48. The van der Waals surface area contributed by atoms with E-state index in [9.17, 15) is 0 Å². The largest absolute Gasteiger partial charge is 0.378 e. The van der Waals surface area contributed by atoms with Crippen LogP contribution >= 0.6 is 0 Å². The smallest absolute Gasteiger partial charge is 0.0604 e. The van der Waals surface area contributed by atoms with E-state index in [-0.39, 0.29) is 0 Å². The monoisotopic (exact) mass is 281 g/mol. The third-order valence-corrected chi connectivity index (χ3v) is 5.73. The van der Waals surface area contributed by atoms with Gasteiger partial charge in [-0.1, -0.05) is 26.2 Å². The lowest BCUT2D eigenvalue weighted by Gasteiger charge is -2.47. The van der Waals surface area contributed by atoms with Crippen LogP contribution in [0.15, 0.2) is 0 Å². The van der Waals surface area contributed by atoms with Crippen molar-refractivity contribution in [3.63, 3.8) is 0 Å². The molecule has 1 saturated carbocycles. The minimum atomic E-state index is 0.319. The SMILES string of the molecule is CCOC1CCN(CC2CCC(CC)CC2)C(C)(C)C1. The molecule has 1 aliphatic carbocycles. The number of nitrogens with zero attached hydrogens (tertiary/aromatic N) is 1. The maximum atomic E-state index is 5.86. The summed E-state index contributed by atoms with van der Waals surface area (Å²) in [6.45, 7) is 12.7. The molecule has 0 N–H and O–H groups in total. The zero-order valence-corrected chi connectivity index (χ0v) is 14.2. The summed E-state index contributed by atoms with van der Waals surface area (Å²) >= 11 is 0. The van der Waals surface area contributed by atoms with Crippen LogP contribution in [0.1, 0.15) is 72.6 Å². The highest BCUT2D eigenvalue weighted by Crippen LogP contribution is 2.35. The first-order chi connectivity index (χ1) is 9.55. The van der Waals surface area contributed by atoms with Gasteiger partial charge >= 0.3 is 0 Å². The fourth-order valence-corrected chi connectivity index (χ4v) is 4.24. The summed E-state index contributed by atoms with van der Waals surface area (Å²) in [5, 5.41) is 0. The molecule has 1 unspecified atom stereocenters. The second-order valence-corrected chi connectivity index (χ2v) is 7.62. The summed E-state index contributed by atoms with van der Waals surface area (Å²) in [7, 11) is 0. The van der Waals surface area contributed by atoms with Gasteiger partial charge in [-0.15, -0.1) is 0 Å². The first-order valence-corrected chi connectivity index (χ1v) is 8.91. The van der Waals surface area contributed by atoms with Gasteiger partial charge in [-0.05, 0) is 58.3 Å². The zero-order valence-electron chi connectivity index (χ0n) is 14.2. The van der Waals surface area contributed by atoms with E-state index in [1.807, 2.05) is 0 Å². The van der Waals surface area contributed by atoms with E-state index >= 15 is 0 Å². The molecular formula is C18H35NO. The van der Waals surface area contributed by atoms with Crippen molar-refractivity contribution in [2.45, 2.75) is 84.3 Å². The predicted molar refractivity (Wildman–Crippen MR) is 86.0 cm³/mol. The molecule has 0 radical (unpaired) electrons. The zero-order chi connectivity index (χ0) is 14.6. The Labute approximate surface area is 126 Å². The van der Waals surface area contributed by atoms with Gasteiger partial charge in [0, 0.05) is 25.2 Å². The lowest BCUT2D eigenvalue weighted by molar-refractivity contribution is -0.0470. The number of hydrogen-bond acceptors (Lipinski definition) is 2. The molecule has 2 aliphatic rings. The van der Waals surface area contributed by atoms with Gasteiger partial charge in [-0.2, -0.15) is 0 Å². The van der Waals surface area contributed by atoms with Gasteiger partial charge in [0.2, 0.25) is 0 Å². The standard InChI is InChI=1S/C18H35NO/c1-5-15-7-9-16(10-8-15)14-19-12-11-17(20-6-2)13-18(19,3)4/h15-17H,5-14H2,1-4H3. The van der Waals surface area contributed by atoms with Gasteiger partial charge in [-0.3, -0.25) is 4.90 Å². The molecule has 1 aliphatic heterocycles. The van der Waals surface area contributed by atoms with E-state index in [2.05, 4.69) is 32.6 Å². The van der Waals surface area contributed by atoms with E-state index in [1.165, 1.54) is 58.0 Å². The molecule has 2 rings (SSSR count). The van der Waals surface area contributed by atoms with Crippen molar-refractivity contribution in [3.8, 4) is 0 Å². The quantitative estimate of drug-likeness (QED) is 0.736. The number of likely N-dealkylation sites (tertiary alicyclic amines) is 1. The Morgan fingerprint density at radius 3 is 2.20 bits per heavy atom. The molecule has 118 valence electrons. The Kier molecular flexibility index (Phi) is 5.92. The van der Waals surface area contributed by atoms with Crippen LogP contribution in [0.5, 0.6) is 0 Å². The minimum absolute atomic E-state index is 0.319. The maximum Gasteiger partial charge on any atom is 0.0604 e. The maximum absolute atomic E-state index is 5.86. The highest BCUT2D eigenvalue weighted by Gasteiger charge is 2.36. The van der Waals surface area contributed by atoms with E-state index < -0.39 is 0 Å². The Hall–Kier alpha value is -0.0800. The van der Waals surface area contributed by atoms with Gasteiger partial charge in [0.1, 0.15) is 0 Å². The first kappa shape index (κ1) is 16.3. The van der Waals surface area contributed by atoms with Crippen LogP contribution in [0, 0.1) is 11.8 Å². The van der Waals surface area contributed by atoms with Crippen molar-refractivity contribution in [2.24, 2.45) is 11.8 Å². The molecule has 2 heteroatoms. The summed E-state index contributed by atoms with van der Waals surface area (Å²) in [4.78, 5) is 2.75. The molecule has 1 heterocycles. The molecule has 0 amide bonds. The van der Waals surface area contributed by atoms with E-state index in [4.69, 9.17) is 4.74 Å². The number of hydrogen-bond donors (Lipinski definition) is 0. The Morgan fingerprint density at radius 1 is 1.00 bits per heavy atom. The molecule has 0 aromatic heterocycles. The summed E-state index contributed by atoms with van der Waals surface area (Å²) in [6, 6.07) is 0. The van der Waals surface area contributed by atoms with Crippen LogP contribution in [-0.4, -0.2) is 36.2 Å². The highest BCUT2D eigenvalue weighted by molar-refractivity contribution is 4.91. The molecule has 1 saturated heterocycles. The van der Waals surface area contributed by atoms with Crippen molar-refractivity contribution in [1.29, 1.82) is 0 Å². The van der Waals surface area contributed by atoms with Gasteiger partial charge in [0.15, 0.2) is 0 Å². The molecule has 20 heavy (non-hydrogen) atoms. The van der Waals surface area contributed by atoms with E-state index in [1.54, 1.807) is 0 Å². The number of ether oxygens (including phenoxy) is 1. The average Bonchev–Trinajstić information content (AvgIpc) is 2.42. The fraction of sp³-hybridized carbons (Fsp3) is 1.00. The molecule has 0 bridgehead atoms. The van der Waals surface area contributed by atoms with Crippen molar-refractivity contribution in [3.05, 3.63) is 0 Å². The fourth-order valence-electron chi connectivity index (χ4n) is 4.24. The third kappa shape index (κ3) is 4.21. The van der Waals surface area contributed by atoms with E-state index in [0.717, 1.165) is 18.4 Å². The second-order valence-electron chi connectivity index (χ2n) is 7.62. The van der Waals surface area contributed by atoms with Crippen molar-refractivity contribution < 1.29 is 4.74 Å². The first-order valence-electron chi connectivity index (χ1n) is 8.91. The average molecular weight is 281 g/mol. The molecule has 0 aromatic rings. The molecular weight excluding hydrogens is 246 g/mol. The van der Waals surface area contributed by atoms with Crippen LogP contribution < -0.4 is 0 Å². The molecule has 0 spiro atoms. The summed E-state index contributed by atoms with van der Waals surface area (Å²) < 4.78 is 5.86.